The number of benzene rings is 1. The van der Waals surface area contributed by atoms with Gasteiger partial charge >= 0.3 is 11.9 Å². The maximum atomic E-state index is 12.1. The fourth-order valence-electron chi connectivity index (χ4n) is 2.35. The van der Waals surface area contributed by atoms with Gasteiger partial charge in [-0.1, -0.05) is 26.3 Å². The van der Waals surface area contributed by atoms with Gasteiger partial charge in [-0.2, -0.15) is 0 Å². The molecule has 2 amide bonds. The molecule has 2 N–H and O–H groups in total. The Morgan fingerprint density at radius 2 is 1.79 bits per heavy atom. The number of amides is 2. The number of methoxy groups -OCH3 is 1. The number of ether oxygens (including phenoxy) is 2. The molecular weight excluding hydrogens is 364 g/mol. The number of carbonyl (C=O) groups is 4. The summed E-state index contributed by atoms with van der Waals surface area (Å²) in [7, 11) is 1.24. The first-order valence-electron chi connectivity index (χ1n) is 9.07. The number of rotatable bonds is 9. The van der Waals surface area contributed by atoms with Crippen molar-refractivity contribution in [3.05, 3.63) is 34.9 Å². The average Bonchev–Trinajstić information content (AvgIpc) is 2.69. The van der Waals surface area contributed by atoms with Crippen LogP contribution in [0.4, 0.5) is 0 Å². The minimum Gasteiger partial charge on any atom is -0.467 e. The summed E-state index contributed by atoms with van der Waals surface area (Å²) in [5, 5.41) is 4.94. The summed E-state index contributed by atoms with van der Waals surface area (Å²) in [5.74, 6) is -2.49. The number of esters is 2. The van der Waals surface area contributed by atoms with Crippen LogP contribution in [0, 0.1) is 19.8 Å². The van der Waals surface area contributed by atoms with Crippen LogP contribution in [0.5, 0.6) is 0 Å². The van der Waals surface area contributed by atoms with Gasteiger partial charge in [-0.25, -0.2) is 4.79 Å². The molecule has 0 spiro atoms. The number of carbonyl (C=O) groups excluding carboxylic acids is 4. The summed E-state index contributed by atoms with van der Waals surface area (Å²) in [5.41, 5.74) is 2.46. The fraction of sp³-hybridized carbons (Fsp3) is 0.500. The van der Waals surface area contributed by atoms with E-state index in [1.54, 1.807) is 19.1 Å². The zero-order valence-corrected chi connectivity index (χ0v) is 17.0. The molecule has 0 fully saturated rings. The Hall–Kier alpha value is -2.90. The lowest BCUT2D eigenvalue weighted by Crippen LogP contribution is -2.47. The fourth-order valence-corrected chi connectivity index (χ4v) is 2.35. The van der Waals surface area contributed by atoms with Crippen LogP contribution < -0.4 is 10.6 Å². The highest BCUT2D eigenvalue weighted by Crippen LogP contribution is 2.10. The lowest BCUT2D eigenvalue weighted by Gasteiger charge is -2.21. The zero-order valence-electron chi connectivity index (χ0n) is 17.0. The molecule has 0 saturated heterocycles. The van der Waals surface area contributed by atoms with Crippen molar-refractivity contribution >= 4 is 23.8 Å². The Morgan fingerprint density at radius 3 is 2.36 bits per heavy atom. The van der Waals surface area contributed by atoms with Crippen LogP contribution in [0.2, 0.25) is 0 Å². The van der Waals surface area contributed by atoms with E-state index in [-0.39, 0.29) is 12.5 Å². The second-order valence-corrected chi connectivity index (χ2v) is 6.60. The van der Waals surface area contributed by atoms with Gasteiger partial charge in [-0.15, -0.1) is 0 Å². The minimum absolute atomic E-state index is 0.135. The van der Waals surface area contributed by atoms with E-state index in [0.717, 1.165) is 11.1 Å². The number of hydrogen-bond acceptors (Lipinski definition) is 6. The molecule has 0 unspecified atom stereocenters. The number of hydrogen-bond donors (Lipinski definition) is 2. The summed E-state index contributed by atoms with van der Waals surface area (Å²) < 4.78 is 9.52. The summed E-state index contributed by atoms with van der Waals surface area (Å²) in [6.45, 7) is 6.58. The van der Waals surface area contributed by atoms with E-state index in [4.69, 9.17) is 4.74 Å². The van der Waals surface area contributed by atoms with E-state index >= 15 is 0 Å². The van der Waals surface area contributed by atoms with Gasteiger partial charge < -0.3 is 20.1 Å². The average molecular weight is 392 g/mol. The SMILES string of the molecule is CC[C@@H](C)[C@@H](NC(=O)COC(=O)CNC(=O)c1ccc(C)c(C)c1)C(=O)OC. The van der Waals surface area contributed by atoms with Crippen LogP contribution in [-0.2, 0) is 23.9 Å². The van der Waals surface area contributed by atoms with Crippen molar-refractivity contribution in [3.8, 4) is 0 Å². The van der Waals surface area contributed by atoms with Crippen molar-refractivity contribution in [3.63, 3.8) is 0 Å². The Bertz CT molecular complexity index is 731. The monoisotopic (exact) mass is 392 g/mol. The molecule has 154 valence electrons. The zero-order chi connectivity index (χ0) is 21.3. The molecule has 8 heteroatoms. The van der Waals surface area contributed by atoms with E-state index in [0.29, 0.717) is 12.0 Å². The molecule has 0 radical (unpaired) electrons. The van der Waals surface area contributed by atoms with Gasteiger partial charge in [-0.05, 0) is 43.0 Å². The van der Waals surface area contributed by atoms with E-state index in [2.05, 4.69) is 15.4 Å². The van der Waals surface area contributed by atoms with Gasteiger partial charge in [0.1, 0.15) is 12.6 Å². The molecule has 0 aliphatic carbocycles. The maximum absolute atomic E-state index is 12.1. The van der Waals surface area contributed by atoms with E-state index in [1.165, 1.54) is 7.11 Å². The first-order valence-corrected chi connectivity index (χ1v) is 9.07. The van der Waals surface area contributed by atoms with Crippen molar-refractivity contribution in [2.45, 2.75) is 40.2 Å². The molecule has 2 atom stereocenters. The molecule has 0 saturated carbocycles. The van der Waals surface area contributed by atoms with E-state index in [1.807, 2.05) is 26.8 Å². The molecule has 0 aliphatic rings. The van der Waals surface area contributed by atoms with Gasteiger partial charge in [0.2, 0.25) is 0 Å². The summed E-state index contributed by atoms with van der Waals surface area (Å²) in [6.07, 6.45) is 0.657. The first-order chi connectivity index (χ1) is 13.2. The highest BCUT2D eigenvalue weighted by molar-refractivity contribution is 5.96. The Kier molecular flexibility index (Phi) is 9.14. The quantitative estimate of drug-likeness (QED) is 0.613. The van der Waals surface area contributed by atoms with E-state index in [9.17, 15) is 19.2 Å². The van der Waals surface area contributed by atoms with Crippen LogP contribution in [0.15, 0.2) is 18.2 Å². The van der Waals surface area contributed by atoms with Crippen molar-refractivity contribution < 1.29 is 28.7 Å². The van der Waals surface area contributed by atoms with Gasteiger partial charge in [0.25, 0.3) is 11.8 Å². The smallest absolute Gasteiger partial charge is 0.328 e. The molecule has 0 aliphatic heterocycles. The van der Waals surface area contributed by atoms with Crippen molar-refractivity contribution in [1.82, 2.24) is 10.6 Å². The van der Waals surface area contributed by atoms with Crippen LogP contribution in [-0.4, -0.2) is 50.1 Å². The number of aryl methyl sites for hydroxylation is 2. The van der Waals surface area contributed by atoms with Crippen LogP contribution in [0.1, 0.15) is 41.8 Å². The minimum atomic E-state index is -0.814. The lowest BCUT2D eigenvalue weighted by atomic mass is 9.99. The largest absolute Gasteiger partial charge is 0.467 e. The molecule has 0 aromatic heterocycles. The Balaban J connectivity index is 2.46. The number of nitrogens with one attached hydrogen (secondary N) is 2. The predicted octanol–water partition coefficient (Wildman–Crippen LogP) is 1.28. The second kappa shape index (κ2) is 11.1. The van der Waals surface area contributed by atoms with Crippen LogP contribution in [0.3, 0.4) is 0 Å². The van der Waals surface area contributed by atoms with Crippen molar-refractivity contribution in [2.75, 3.05) is 20.3 Å². The third-order valence-electron chi connectivity index (χ3n) is 4.51. The van der Waals surface area contributed by atoms with Gasteiger partial charge in [0.05, 0.1) is 7.11 Å². The molecule has 8 nitrogen and oxygen atoms in total. The third-order valence-corrected chi connectivity index (χ3v) is 4.51. The van der Waals surface area contributed by atoms with Gasteiger partial charge in [0.15, 0.2) is 6.61 Å². The van der Waals surface area contributed by atoms with Crippen molar-refractivity contribution in [2.24, 2.45) is 5.92 Å². The standard InChI is InChI=1S/C20H28N2O6/c1-6-12(2)18(20(26)27-5)22-16(23)11-28-17(24)10-21-19(25)15-8-7-13(3)14(4)9-15/h7-9,12,18H,6,10-11H2,1-5H3,(H,21,25)(H,22,23)/t12-,18-/m1/s1. The molecular formula is C20H28N2O6. The molecule has 1 aromatic carbocycles. The molecule has 0 bridgehead atoms. The predicted molar refractivity (Wildman–Crippen MR) is 103 cm³/mol. The highest BCUT2D eigenvalue weighted by atomic mass is 16.5. The van der Waals surface area contributed by atoms with Crippen LogP contribution >= 0.6 is 0 Å². The van der Waals surface area contributed by atoms with Crippen LogP contribution in [0.25, 0.3) is 0 Å². The van der Waals surface area contributed by atoms with Gasteiger partial charge in [-0.3, -0.25) is 14.4 Å². The summed E-state index contributed by atoms with van der Waals surface area (Å²) in [6, 6.07) is 4.40. The highest BCUT2D eigenvalue weighted by Gasteiger charge is 2.26. The second-order valence-electron chi connectivity index (χ2n) is 6.60. The Morgan fingerprint density at radius 1 is 1.11 bits per heavy atom. The normalized spacial score (nSPS) is 12.5. The summed E-state index contributed by atoms with van der Waals surface area (Å²) >= 11 is 0. The molecule has 1 aromatic rings. The Labute approximate surface area is 165 Å². The summed E-state index contributed by atoms with van der Waals surface area (Å²) in [4.78, 5) is 47.5. The first kappa shape index (κ1) is 23.1. The van der Waals surface area contributed by atoms with Gasteiger partial charge in [0, 0.05) is 5.56 Å². The van der Waals surface area contributed by atoms with Crippen molar-refractivity contribution in [1.29, 1.82) is 0 Å². The van der Waals surface area contributed by atoms with E-state index < -0.39 is 36.4 Å². The molecule has 1 rings (SSSR count). The molecule has 28 heavy (non-hydrogen) atoms. The third kappa shape index (κ3) is 7.02. The maximum Gasteiger partial charge on any atom is 0.328 e. The lowest BCUT2D eigenvalue weighted by molar-refractivity contribution is -0.150. The molecule has 0 heterocycles. The topological polar surface area (TPSA) is 111 Å².